The second-order valence-electron chi connectivity index (χ2n) is 5.27. The number of aromatic hydroxyl groups is 1. The number of phenols is 1. The van der Waals surface area contributed by atoms with Gasteiger partial charge in [-0.15, -0.1) is 0 Å². The quantitative estimate of drug-likeness (QED) is 0.578. The van der Waals surface area contributed by atoms with E-state index in [9.17, 15) is 19.5 Å². The van der Waals surface area contributed by atoms with Gasteiger partial charge in [-0.1, -0.05) is 6.07 Å². The highest BCUT2D eigenvalue weighted by molar-refractivity contribution is 6.39. The molecule has 7 nitrogen and oxygen atoms in total. The molecule has 1 aromatic rings. The van der Waals surface area contributed by atoms with Crippen LogP contribution in [-0.2, 0) is 14.4 Å². The third-order valence-corrected chi connectivity index (χ3v) is 3.61. The molecule has 1 heterocycles. The molecule has 1 aromatic carbocycles. The van der Waals surface area contributed by atoms with E-state index in [2.05, 4.69) is 5.32 Å². The van der Waals surface area contributed by atoms with E-state index in [0.717, 1.165) is 5.56 Å². The lowest BCUT2D eigenvalue weighted by Crippen LogP contribution is -2.52. The molecule has 7 heteroatoms. The highest BCUT2D eigenvalue weighted by atomic mass is 16.3. The zero-order valence-corrected chi connectivity index (χ0v) is 12.6. The van der Waals surface area contributed by atoms with Gasteiger partial charge in [-0.3, -0.25) is 14.4 Å². The van der Waals surface area contributed by atoms with Crippen LogP contribution < -0.4 is 5.32 Å². The number of carbonyl (C=O) groups is 3. The summed E-state index contributed by atoms with van der Waals surface area (Å²) in [5.74, 6) is -1.58. The molecule has 22 heavy (non-hydrogen) atoms. The number of piperazine rings is 1. The van der Waals surface area contributed by atoms with Gasteiger partial charge >= 0.3 is 11.8 Å². The Kier molecular flexibility index (Phi) is 4.65. The molecule has 1 aliphatic heterocycles. The topological polar surface area (TPSA) is 90.0 Å². The van der Waals surface area contributed by atoms with E-state index in [1.807, 2.05) is 6.92 Å². The predicted molar refractivity (Wildman–Crippen MR) is 80.3 cm³/mol. The fourth-order valence-electron chi connectivity index (χ4n) is 2.29. The summed E-state index contributed by atoms with van der Waals surface area (Å²) in [7, 11) is 0. The molecule has 1 aliphatic rings. The minimum absolute atomic E-state index is 0.0406. The first kappa shape index (κ1) is 15.8. The van der Waals surface area contributed by atoms with Gasteiger partial charge in [0.1, 0.15) is 5.75 Å². The Labute approximate surface area is 128 Å². The summed E-state index contributed by atoms with van der Waals surface area (Å²) in [5, 5.41) is 12.2. The van der Waals surface area contributed by atoms with E-state index < -0.39 is 11.8 Å². The van der Waals surface area contributed by atoms with Crippen LogP contribution in [-0.4, -0.2) is 58.8 Å². The van der Waals surface area contributed by atoms with Crippen LogP contribution in [0.3, 0.4) is 0 Å². The van der Waals surface area contributed by atoms with Gasteiger partial charge in [0.2, 0.25) is 5.91 Å². The standard InChI is InChI=1S/C15H19N3O4/c1-10-3-4-12(13(20)9-10)16-14(21)15(22)18-7-5-17(6-8-18)11(2)19/h3-4,9,20H,5-8H2,1-2H3,(H,16,21). The van der Waals surface area contributed by atoms with Crippen molar-refractivity contribution in [2.45, 2.75) is 13.8 Å². The van der Waals surface area contributed by atoms with Gasteiger partial charge < -0.3 is 20.2 Å². The Morgan fingerprint density at radius 3 is 2.23 bits per heavy atom. The highest BCUT2D eigenvalue weighted by Gasteiger charge is 2.27. The average molecular weight is 305 g/mol. The maximum Gasteiger partial charge on any atom is 0.314 e. The Hall–Kier alpha value is -2.57. The van der Waals surface area contributed by atoms with Crippen LogP contribution in [0.2, 0.25) is 0 Å². The van der Waals surface area contributed by atoms with Gasteiger partial charge in [-0.2, -0.15) is 0 Å². The second-order valence-corrected chi connectivity index (χ2v) is 5.27. The van der Waals surface area contributed by atoms with E-state index in [-0.39, 0.29) is 17.3 Å². The number of amides is 3. The lowest BCUT2D eigenvalue weighted by atomic mass is 10.2. The number of anilines is 1. The summed E-state index contributed by atoms with van der Waals surface area (Å²) in [6.07, 6.45) is 0. The Morgan fingerprint density at radius 1 is 1.09 bits per heavy atom. The van der Waals surface area contributed by atoms with E-state index in [4.69, 9.17) is 0 Å². The summed E-state index contributed by atoms with van der Waals surface area (Å²) in [6.45, 7) is 4.78. The van der Waals surface area contributed by atoms with Crippen molar-refractivity contribution in [2.75, 3.05) is 31.5 Å². The summed E-state index contributed by atoms with van der Waals surface area (Å²) in [6, 6.07) is 4.78. The third kappa shape index (κ3) is 3.55. The predicted octanol–water partition coefficient (Wildman–Crippen LogP) is 0.330. The molecule has 3 amide bonds. The Balaban J connectivity index is 1.95. The van der Waals surface area contributed by atoms with Gasteiger partial charge in [-0.25, -0.2) is 0 Å². The third-order valence-electron chi connectivity index (χ3n) is 3.61. The van der Waals surface area contributed by atoms with Crippen LogP contribution in [0.15, 0.2) is 18.2 Å². The number of hydrogen-bond donors (Lipinski definition) is 2. The number of phenolic OH excluding ortho intramolecular Hbond substituents is 1. The maximum atomic E-state index is 12.1. The number of nitrogens with one attached hydrogen (secondary N) is 1. The number of aryl methyl sites for hydroxylation is 1. The Bertz CT molecular complexity index is 607. The molecule has 0 saturated carbocycles. The molecule has 0 unspecified atom stereocenters. The van der Waals surface area contributed by atoms with E-state index in [1.54, 1.807) is 17.0 Å². The van der Waals surface area contributed by atoms with E-state index >= 15 is 0 Å². The van der Waals surface area contributed by atoms with Gasteiger partial charge in [0.25, 0.3) is 0 Å². The molecular weight excluding hydrogens is 286 g/mol. The largest absolute Gasteiger partial charge is 0.506 e. The Morgan fingerprint density at radius 2 is 1.68 bits per heavy atom. The minimum Gasteiger partial charge on any atom is -0.506 e. The van der Waals surface area contributed by atoms with Crippen molar-refractivity contribution in [3.63, 3.8) is 0 Å². The first-order valence-electron chi connectivity index (χ1n) is 7.04. The number of carbonyl (C=O) groups excluding carboxylic acids is 3. The molecule has 2 rings (SSSR count). The van der Waals surface area contributed by atoms with Crippen molar-refractivity contribution < 1.29 is 19.5 Å². The van der Waals surface area contributed by atoms with Crippen molar-refractivity contribution >= 4 is 23.4 Å². The number of hydrogen-bond acceptors (Lipinski definition) is 4. The first-order valence-corrected chi connectivity index (χ1v) is 7.04. The molecule has 0 radical (unpaired) electrons. The SMILES string of the molecule is CC(=O)N1CCN(C(=O)C(=O)Nc2ccc(C)cc2O)CC1. The van der Waals surface area contributed by atoms with Crippen LogP contribution in [0.4, 0.5) is 5.69 Å². The smallest absolute Gasteiger partial charge is 0.314 e. The van der Waals surface area contributed by atoms with Crippen LogP contribution in [0.25, 0.3) is 0 Å². The van der Waals surface area contributed by atoms with Crippen molar-refractivity contribution in [3.8, 4) is 5.75 Å². The van der Waals surface area contributed by atoms with Crippen LogP contribution in [0, 0.1) is 6.92 Å². The molecule has 0 aromatic heterocycles. The molecule has 1 fully saturated rings. The van der Waals surface area contributed by atoms with Crippen LogP contribution >= 0.6 is 0 Å². The first-order chi connectivity index (χ1) is 10.4. The number of rotatable bonds is 1. The normalized spacial score (nSPS) is 14.6. The van der Waals surface area contributed by atoms with Gasteiger partial charge in [0.05, 0.1) is 5.69 Å². The highest BCUT2D eigenvalue weighted by Crippen LogP contribution is 2.23. The molecule has 2 N–H and O–H groups in total. The number of benzene rings is 1. The monoisotopic (exact) mass is 305 g/mol. The molecular formula is C15H19N3O4. The van der Waals surface area contributed by atoms with Crippen LogP contribution in [0.5, 0.6) is 5.75 Å². The minimum atomic E-state index is -0.796. The summed E-state index contributed by atoms with van der Waals surface area (Å²) >= 11 is 0. The maximum absolute atomic E-state index is 12.1. The van der Waals surface area contributed by atoms with E-state index in [1.165, 1.54) is 17.9 Å². The van der Waals surface area contributed by atoms with Crippen molar-refractivity contribution in [3.05, 3.63) is 23.8 Å². The fraction of sp³-hybridized carbons (Fsp3) is 0.400. The molecule has 0 bridgehead atoms. The average Bonchev–Trinajstić information content (AvgIpc) is 2.49. The second kappa shape index (κ2) is 6.46. The fourth-order valence-corrected chi connectivity index (χ4v) is 2.29. The molecule has 0 aliphatic carbocycles. The van der Waals surface area contributed by atoms with Crippen LogP contribution in [0.1, 0.15) is 12.5 Å². The lowest BCUT2D eigenvalue weighted by molar-refractivity contribution is -0.145. The molecule has 1 saturated heterocycles. The lowest BCUT2D eigenvalue weighted by Gasteiger charge is -2.33. The summed E-state index contributed by atoms with van der Waals surface area (Å²) in [5.41, 5.74) is 1.05. The van der Waals surface area contributed by atoms with E-state index in [0.29, 0.717) is 26.2 Å². The molecule has 118 valence electrons. The van der Waals surface area contributed by atoms with Gasteiger partial charge in [0.15, 0.2) is 0 Å². The van der Waals surface area contributed by atoms with Gasteiger partial charge in [-0.05, 0) is 24.6 Å². The zero-order chi connectivity index (χ0) is 16.3. The van der Waals surface area contributed by atoms with Crippen molar-refractivity contribution in [1.29, 1.82) is 0 Å². The summed E-state index contributed by atoms with van der Waals surface area (Å²) in [4.78, 5) is 38.3. The molecule has 0 spiro atoms. The molecule has 0 atom stereocenters. The zero-order valence-electron chi connectivity index (χ0n) is 12.6. The number of nitrogens with zero attached hydrogens (tertiary/aromatic N) is 2. The van der Waals surface area contributed by atoms with Gasteiger partial charge in [0, 0.05) is 33.1 Å². The van der Waals surface area contributed by atoms with Crippen molar-refractivity contribution in [1.82, 2.24) is 9.80 Å². The summed E-state index contributed by atoms with van der Waals surface area (Å²) < 4.78 is 0. The van der Waals surface area contributed by atoms with Crippen molar-refractivity contribution in [2.24, 2.45) is 0 Å².